The normalized spacial score (nSPS) is 9.73. The molecule has 0 aromatic heterocycles. The Bertz CT molecular complexity index is 253. The van der Waals surface area contributed by atoms with E-state index in [2.05, 4.69) is 33.4 Å². The minimum Gasteiger partial charge on any atom is -1.00 e. The number of hydrogen-bond acceptors (Lipinski definition) is 2. The fraction of sp³-hybridized carbons (Fsp3) is 0.455. The number of nitrogens with one attached hydrogen (secondary N) is 1. The first-order valence-corrected chi connectivity index (χ1v) is 5.68. The molecule has 0 radical (unpaired) electrons. The number of halogens is 2. The second kappa shape index (κ2) is 9.16. The zero-order valence-corrected chi connectivity index (χ0v) is 10.9. The summed E-state index contributed by atoms with van der Waals surface area (Å²) in [6.07, 6.45) is 1.92. The van der Waals surface area contributed by atoms with Crippen LogP contribution in [0, 0.1) is 0 Å². The van der Waals surface area contributed by atoms with Crippen LogP contribution in [0.4, 0.5) is 0 Å². The smallest absolute Gasteiger partial charge is 0.0431 e. The monoisotopic (exact) mass is 292 g/mol. The summed E-state index contributed by atoms with van der Waals surface area (Å²) in [6.45, 7) is 2.16. The van der Waals surface area contributed by atoms with Gasteiger partial charge in [0.25, 0.3) is 0 Å². The van der Waals surface area contributed by atoms with Gasteiger partial charge in [0.1, 0.15) is 0 Å². The Morgan fingerprint density at radius 2 is 1.80 bits per heavy atom. The van der Waals surface area contributed by atoms with Crippen molar-refractivity contribution in [3.8, 4) is 0 Å². The first-order chi connectivity index (χ1) is 6.83. The molecule has 2 nitrogen and oxygen atoms in total. The van der Waals surface area contributed by atoms with E-state index in [1.54, 1.807) is 0 Å². The first kappa shape index (κ1) is 14.9. The molecule has 0 spiro atoms. The largest absolute Gasteiger partial charge is 1.00 e. The lowest BCUT2D eigenvalue weighted by molar-refractivity contribution is -0.00000393. The molecule has 0 atom stereocenters. The predicted octanol–water partition coefficient (Wildman–Crippen LogP) is -0.685. The van der Waals surface area contributed by atoms with Crippen molar-refractivity contribution < 1.29 is 17.5 Å². The molecule has 0 heterocycles. The van der Waals surface area contributed by atoms with Crippen LogP contribution in [0.2, 0.25) is 0 Å². The molecule has 0 aliphatic carbocycles. The Kier molecular flexibility index (Phi) is 9.10. The molecular weight excluding hydrogens is 277 g/mol. The van der Waals surface area contributed by atoms with Crippen LogP contribution >= 0.6 is 15.9 Å². The van der Waals surface area contributed by atoms with E-state index in [1.807, 2.05) is 12.1 Å². The summed E-state index contributed by atoms with van der Waals surface area (Å²) in [6, 6.07) is 8.29. The van der Waals surface area contributed by atoms with E-state index < -0.39 is 0 Å². The SMILES string of the molecule is OCCCCNCc1ccc(Br)cc1.[Cl-]. The fourth-order valence-corrected chi connectivity index (χ4v) is 1.46. The Morgan fingerprint density at radius 3 is 2.40 bits per heavy atom. The van der Waals surface area contributed by atoms with Crippen LogP contribution in [0.3, 0.4) is 0 Å². The minimum atomic E-state index is 0. The van der Waals surface area contributed by atoms with Gasteiger partial charge in [0.05, 0.1) is 0 Å². The van der Waals surface area contributed by atoms with E-state index in [0.717, 1.165) is 30.4 Å². The summed E-state index contributed by atoms with van der Waals surface area (Å²) in [4.78, 5) is 0. The molecule has 1 aromatic rings. The van der Waals surface area contributed by atoms with Gasteiger partial charge in [-0.05, 0) is 37.1 Å². The quantitative estimate of drug-likeness (QED) is 0.681. The van der Waals surface area contributed by atoms with Crippen LogP contribution < -0.4 is 17.7 Å². The zero-order chi connectivity index (χ0) is 10.2. The molecule has 0 fully saturated rings. The Hall–Kier alpha value is -0.0900. The van der Waals surface area contributed by atoms with Gasteiger partial charge in [-0.3, -0.25) is 0 Å². The van der Waals surface area contributed by atoms with Gasteiger partial charge in [0.15, 0.2) is 0 Å². The zero-order valence-electron chi connectivity index (χ0n) is 8.55. The number of aliphatic hydroxyl groups excluding tert-OH is 1. The van der Waals surface area contributed by atoms with Gasteiger partial charge >= 0.3 is 0 Å². The molecule has 1 rings (SSSR count). The molecule has 0 saturated heterocycles. The van der Waals surface area contributed by atoms with E-state index in [9.17, 15) is 0 Å². The topological polar surface area (TPSA) is 32.3 Å². The molecule has 15 heavy (non-hydrogen) atoms. The van der Waals surface area contributed by atoms with Crippen molar-refractivity contribution in [1.29, 1.82) is 0 Å². The van der Waals surface area contributed by atoms with E-state index in [-0.39, 0.29) is 12.4 Å². The summed E-state index contributed by atoms with van der Waals surface area (Å²) in [7, 11) is 0. The number of hydrogen-bond donors (Lipinski definition) is 2. The van der Waals surface area contributed by atoms with Crippen molar-refractivity contribution >= 4 is 15.9 Å². The Balaban J connectivity index is 0.00000196. The number of benzene rings is 1. The molecule has 0 bridgehead atoms. The number of aliphatic hydroxyl groups is 1. The van der Waals surface area contributed by atoms with Gasteiger partial charge in [-0.15, -0.1) is 0 Å². The fourth-order valence-electron chi connectivity index (χ4n) is 1.20. The van der Waals surface area contributed by atoms with Gasteiger partial charge in [-0.1, -0.05) is 28.1 Å². The Labute approximate surface area is 106 Å². The number of unbranched alkanes of at least 4 members (excludes halogenated alkanes) is 1. The highest BCUT2D eigenvalue weighted by Crippen LogP contribution is 2.10. The molecule has 0 unspecified atom stereocenters. The van der Waals surface area contributed by atoms with E-state index in [4.69, 9.17) is 5.11 Å². The summed E-state index contributed by atoms with van der Waals surface area (Å²) < 4.78 is 1.11. The standard InChI is InChI=1S/C11H16BrNO.ClH/c12-11-5-3-10(4-6-11)9-13-7-1-2-8-14;/h3-6,13-14H,1-2,7-9H2;1H/p-1. The molecule has 1 aromatic carbocycles. The van der Waals surface area contributed by atoms with Crippen molar-refractivity contribution in [2.75, 3.05) is 13.2 Å². The maximum absolute atomic E-state index is 8.58. The van der Waals surface area contributed by atoms with Crippen molar-refractivity contribution in [2.24, 2.45) is 0 Å². The lowest BCUT2D eigenvalue weighted by atomic mass is 10.2. The maximum Gasteiger partial charge on any atom is 0.0431 e. The predicted molar refractivity (Wildman–Crippen MR) is 62.2 cm³/mol. The third-order valence-corrected chi connectivity index (χ3v) is 2.53. The van der Waals surface area contributed by atoms with Gasteiger partial charge < -0.3 is 22.8 Å². The van der Waals surface area contributed by atoms with Gasteiger partial charge in [-0.25, -0.2) is 0 Å². The minimum absolute atomic E-state index is 0. The molecule has 0 saturated carbocycles. The molecule has 4 heteroatoms. The van der Waals surface area contributed by atoms with Crippen LogP contribution in [-0.2, 0) is 6.54 Å². The molecular formula is C11H16BrClNO-. The summed E-state index contributed by atoms with van der Waals surface area (Å²) in [5.41, 5.74) is 1.29. The first-order valence-electron chi connectivity index (χ1n) is 4.89. The lowest BCUT2D eigenvalue weighted by Crippen LogP contribution is -3.00. The lowest BCUT2D eigenvalue weighted by Gasteiger charge is -2.04. The summed E-state index contributed by atoms with van der Waals surface area (Å²) >= 11 is 3.40. The molecule has 0 aliphatic heterocycles. The van der Waals surface area contributed by atoms with Crippen LogP contribution in [-0.4, -0.2) is 18.3 Å². The van der Waals surface area contributed by atoms with Crippen LogP contribution in [0.5, 0.6) is 0 Å². The third-order valence-electron chi connectivity index (χ3n) is 2.00. The molecule has 0 amide bonds. The van der Waals surface area contributed by atoms with Crippen LogP contribution in [0.25, 0.3) is 0 Å². The van der Waals surface area contributed by atoms with Crippen LogP contribution in [0.15, 0.2) is 28.7 Å². The van der Waals surface area contributed by atoms with E-state index in [0.29, 0.717) is 6.61 Å². The molecule has 2 N–H and O–H groups in total. The average molecular weight is 294 g/mol. The highest BCUT2D eigenvalue weighted by molar-refractivity contribution is 9.10. The van der Waals surface area contributed by atoms with Crippen molar-refractivity contribution in [3.05, 3.63) is 34.3 Å². The third kappa shape index (κ3) is 6.90. The highest BCUT2D eigenvalue weighted by Gasteiger charge is 1.92. The number of rotatable bonds is 6. The van der Waals surface area contributed by atoms with Gasteiger partial charge in [0, 0.05) is 17.6 Å². The van der Waals surface area contributed by atoms with Crippen LogP contribution in [0.1, 0.15) is 18.4 Å². The summed E-state index contributed by atoms with van der Waals surface area (Å²) in [5, 5.41) is 11.9. The van der Waals surface area contributed by atoms with Crippen molar-refractivity contribution in [3.63, 3.8) is 0 Å². The second-order valence-corrected chi connectivity index (χ2v) is 4.15. The van der Waals surface area contributed by atoms with Gasteiger partial charge in [-0.2, -0.15) is 0 Å². The van der Waals surface area contributed by atoms with Crippen molar-refractivity contribution in [2.45, 2.75) is 19.4 Å². The Morgan fingerprint density at radius 1 is 1.13 bits per heavy atom. The average Bonchev–Trinajstić information content (AvgIpc) is 2.21. The maximum atomic E-state index is 8.58. The summed E-state index contributed by atoms with van der Waals surface area (Å²) in [5.74, 6) is 0. The second-order valence-electron chi connectivity index (χ2n) is 3.23. The highest BCUT2D eigenvalue weighted by atomic mass is 79.9. The molecule has 86 valence electrons. The van der Waals surface area contributed by atoms with Crippen molar-refractivity contribution in [1.82, 2.24) is 5.32 Å². The van der Waals surface area contributed by atoms with E-state index >= 15 is 0 Å². The molecule has 0 aliphatic rings. The van der Waals surface area contributed by atoms with Gasteiger partial charge in [0.2, 0.25) is 0 Å². The van der Waals surface area contributed by atoms with E-state index in [1.165, 1.54) is 5.56 Å².